The number of ketones is 1. The fourth-order valence-corrected chi connectivity index (χ4v) is 13.4. The van der Waals surface area contributed by atoms with E-state index >= 15 is 0 Å². The summed E-state index contributed by atoms with van der Waals surface area (Å²) in [5.41, 5.74) is 5.36. The van der Waals surface area contributed by atoms with E-state index in [1.54, 1.807) is 24.3 Å². The maximum Gasteiger partial charge on any atom is 0.255 e. The van der Waals surface area contributed by atoms with Crippen molar-refractivity contribution in [3.05, 3.63) is 136 Å². The van der Waals surface area contributed by atoms with Gasteiger partial charge < -0.3 is 20.6 Å². The molecular weight excluding hydrogens is 913 g/mol. The Bertz CT molecular complexity index is 2460. The molecule has 0 aliphatic heterocycles. The van der Waals surface area contributed by atoms with E-state index in [0.29, 0.717) is 33.6 Å². The second-order valence-corrected chi connectivity index (χ2v) is 23.1. The Kier molecular flexibility index (Phi) is 19.7. The van der Waals surface area contributed by atoms with Gasteiger partial charge in [-0.25, -0.2) is 4.58 Å². The van der Waals surface area contributed by atoms with Crippen molar-refractivity contribution in [3.63, 3.8) is 0 Å². The number of unbranched alkanes of at least 4 members (excludes halogenated alkanes) is 4. The van der Waals surface area contributed by atoms with Crippen LogP contribution in [0.25, 0.3) is 5.57 Å². The molecule has 0 aromatic heterocycles. The number of anilines is 2. The van der Waals surface area contributed by atoms with Crippen LogP contribution in [0, 0.1) is 23.7 Å². The Morgan fingerprint density at radius 3 is 1.47 bits per heavy atom. The quantitative estimate of drug-likeness (QED) is 0.0422. The predicted molar refractivity (Wildman–Crippen MR) is 304 cm³/mol. The van der Waals surface area contributed by atoms with E-state index in [0.717, 1.165) is 86.9 Å². The lowest BCUT2D eigenvalue weighted by atomic mass is 9.78. The Labute approximate surface area is 444 Å². The first-order valence-corrected chi connectivity index (χ1v) is 29.7. The van der Waals surface area contributed by atoms with Gasteiger partial charge in [-0.1, -0.05) is 178 Å². The average molecular weight is 1000 g/mol. The molecule has 0 spiro atoms. The number of amides is 2. The smallest absolute Gasteiger partial charge is 0.255 e. The van der Waals surface area contributed by atoms with E-state index in [1.165, 1.54) is 154 Å². The number of aliphatic hydroxyl groups is 1. The fraction of sp³-hybridized carbons (Fsp3) is 0.545. The number of allylic oxidation sites excluding steroid dienone is 5. The summed E-state index contributed by atoms with van der Waals surface area (Å²) in [6.45, 7) is 3.72. The first-order valence-electron chi connectivity index (χ1n) is 29.7. The van der Waals surface area contributed by atoms with Crippen LogP contribution in [0.5, 0.6) is 0 Å². The molecule has 0 heterocycles. The standard InChI is InChI=1S/C66H86N4O4/c71-63-61(57-41-39-55(47-59(57)67-65(73)53-35-3-1-4-36-53)69(43-19-15-31-49-23-7-8-24-49)44-20-16-32-50-25-9-10-26-50)64(72)62(63)58-42-40-56(48-60(58)68-66(74)54-37-5-2-6-38-54)70(45-21-17-33-51-27-11-12-28-51)46-22-18-34-52-29-13-14-30-52/h1-6,35-42,47-52H,7-34,43-46H2,(H2,67,68,71,72,73,74)/p+1. The minimum atomic E-state index is -0.320. The minimum absolute atomic E-state index is 0.132. The second kappa shape index (κ2) is 27.3. The summed E-state index contributed by atoms with van der Waals surface area (Å²) in [5, 5.41) is 18.6. The summed E-state index contributed by atoms with van der Waals surface area (Å²) >= 11 is 0. The summed E-state index contributed by atoms with van der Waals surface area (Å²) in [7, 11) is 0. The van der Waals surface area contributed by atoms with Crippen molar-refractivity contribution in [2.24, 2.45) is 23.7 Å². The summed E-state index contributed by atoms with van der Waals surface area (Å²) < 4.78 is 2.48. The van der Waals surface area contributed by atoms with Crippen molar-refractivity contribution in [2.75, 3.05) is 36.4 Å². The summed E-state index contributed by atoms with van der Waals surface area (Å²) in [4.78, 5) is 45.3. The first kappa shape index (κ1) is 53.3. The van der Waals surface area contributed by atoms with Crippen molar-refractivity contribution >= 4 is 40.3 Å². The molecule has 394 valence electrons. The highest BCUT2D eigenvalue weighted by Crippen LogP contribution is 2.44. The van der Waals surface area contributed by atoms with E-state index in [2.05, 4.69) is 32.3 Å². The van der Waals surface area contributed by atoms with Gasteiger partial charge in [-0.2, -0.15) is 0 Å². The van der Waals surface area contributed by atoms with E-state index in [4.69, 9.17) is 0 Å². The molecule has 8 heteroatoms. The van der Waals surface area contributed by atoms with Crippen LogP contribution in [0.2, 0.25) is 0 Å². The van der Waals surface area contributed by atoms with Gasteiger partial charge in [-0.05, 0) is 97.9 Å². The van der Waals surface area contributed by atoms with Gasteiger partial charge in [-0.15, -0.1) is 0 Å². The van der Waals surface area contributed by atoms with Gasteiger partial charge in [0.15, 0.2) is 0 Å². The number of Topliss-reactive ketones (excluding diaryl/α,β-unsaturated/α-hetero) is 1. The SMILES string of the molecule is O=C1C(c2ccc(N(CCCCC3CCCC3)CCCCC3CCCC3)cc2NC(=O)c2ccccc2)=C(O)/C1=C1\C=CC(=[N+](CCCCC2CCCC2)CCCCC2CCCC2)C=C1NC(=O)c1ccccc1. The maximum absolute atomic E-state index is 14.9. The van der Waals surface area contributed by atoms with Crippen molar-refractivity contribution in [1.29, 1.82) is 0 Å². The predicted octanol–water partition coefficient (Wildman–Crippen LogP) is 15.7. The van der Waals surface area contributed by atoms with Gasteiger partial charge in [0.2, 0.25) is 11.5 Å². The molecule has 3 aromatic rings. The summed E-state index contributed by atoms with van der Waals surface area (Å²) in [6, 6.07) is 24.4. The third-order valence-electron chi connectivity index (χ3n) is 17.8. The molecular formula is C66H87N4O4+. The molecule has 3 aromatic carbocycles. The van der Waals surface area contributed by atoms with E-state index in [9.17, 15) is 19.5 Å². The number of benzene rings is 3. The van der Waals surface area contributed by atoms with Crippen molar-refractivity contribution in [1.82, 2.24) is 5.32 Å². The lowest BCUT2D eigenvalue weighted by molar-refractivity contribution is -0.527. The minimum Gasteiger partial charge on any atom is -0.506 e. The molecule has 0 bridgehead atoms. The number of nitrogens with one attached hydrogen (secondary N) is 2. The topological polar surface area (TPSA) is 102 Å². The largest absolute Gasteiger partial charge is 0.506 e. The van der Waals surface area contributed by atoms with Crippen LogP contribution in [0.3, 0.4) is 0 Å². The second-order valence-electron chi connectivity index (χ2n) is 23.1. The fourth-order valence-electron chi connectivity index (χ4n) is 13.4. The lowest BCUT2D eigenvalue weighted by Crippen LogP contribution is -2.32. The molecule has 74 heavy (non-hydrogen) atoms. The Hall–Kier alpha value is -5.50. The van der Waals surface area contributed by atoms with Crippen molar-refractivity contribution < 1.29 is 24.1 Å². The van der Waals surface area contributed by atoms with Crippen LogP contribution in [-0.2, 0) is 4.79 Å². The molecule has 4 fully saturated rings. The van der Waals surface area contributed by atoms with Crippen LogP contribution in [0.15, 0.2) is 120 Å². The Morgan fingerprint density at radius 1 is 0.541 bits per heavy atom. The number of rotatable bonds is 26. The molecule has 9 rings (SSSR count). The number of carbonyl (C=O) groups excluding carboxylic acids is 3. The third kappa shape index (κ3) is 14.5. The highest BCUT2D eigenvalue weighted by atomic mass is 16.3. The maximum atomic E-state index is 14.9. The number of aliphatic hydroxyl groups excluding tert-OH is 1. The van der Waals surface area contributed by atoms with E-state index < -0.39 is 0 Å². The van der Waals surface area contributed by atoms with E-state index in [-0.39, 0.29) is 34.5 Å². The van der Waals surface area contributed by atoms with Gasteiger partial charge in [0.25, 0.3) is 11.8 Å². The molecule has 0 radical (unpaired) electrons. The zero-order chi connectivity index (χ0) is 50.9. The number of carbonyl (C=O) groups is 3. The monoisotopic (exact) mass is 1000 g/mol. The molecule has 4 saturated carbocycles. The van der Waals surface area contributed by atoms with Gasteiger partial charge in [0.1, 0.15) is 18.8 Å². The average Bonchev–Trinajstić information content (AvgIpc) is 4.31. The molecule has 2 amide bonds. The van der Waals surface area contributed by atoms with E-state index in [1.807, 2.05) is 60.7 Å². The van der Waals surface area contributed by atoms with Crippen LogP contribution in [0.1, 0.15) is 206 Å². The third-order valence-corrected chi connectivity index (χ3v) is 17.8. The van der Waals surface area contributed by atoms with Crippen LogP contribution in [-0.4, -0.2) is 59.2 Å². The Morgan fingerprint density at radius 2 is 1.00 bits per heavy atom. The van der Waals surface area contributed by atoms with Crippen LogP contribution < -0.4 is 15.5 Å². The molecule has 0 unspecified atom stereocenters. The highest BCUT2D eigenvalue weighted by Gasteiger charge is 2.40. The van der Waals surface area contributed by atoms with Gasteiger partial charge in [0, 0.05) is 66.0 Å². The zero-order valence-electron chi connectivity index (χ0n) is 44.7. The summed E-state index contributed by atoms with van der Waals surface area (Å²) in [5.74, 6) is 2.45. The van der Waals surface area contributed by atoms with Gasteiger partial charge in [0.05, 0.1) is 22.5 Å². The normalized spacial score (nSPS) is 19.6. The molecule has 6 aliphatic carbocycles. The Balaban J connectivity index is 1.02. The molecule has 3 N–H and O–H groups in total. The lowest BCUT2D eigenvalue weighted by Gasteiger charge is -2.29. The van der Waals surface area contributed by atoms with Gasteiger partial charge >= 0.3 is 0 Å². The first-order chi connectivity index (χ1) is 36.4. The number of nitrogens with zero attached hydrogens (tertiary/aromatic N) is 2. The van der Waals surface area contributed by atoms with Crippen molar-refractivity contribution in [2.45, 2.75) is 180 Å². The molecule has 6 aliphatic rings. The number of hydrogen-bond donors (Lipinski definition) is 3. The van der Waals surface area contributed by atoms with Crippen LogP contribution >= 0.6 is 0 Å². The molecule has 0 atom stereocenters. The van der Waals surface area contributed by atoms with Crippen LogP contribution in [0.4, 0.5) is 11.4 Å². The van der Waals surface area contributed by atoms with Gasteiger partial charge in [-0.3, -0.25) is 14.4 Å². The highest BCUT2D eigenvalue weighted by molar-refractivity contribution is 6.40. The number of hydrogen-bond acceptors (Lipinski definition) is 5. The van der Waals surface area contributed by atoms with Crippen molar-refractivity contribution in [3.8, 4) is 0 Å². The molecule has 0 saturated heterocycles. The zero-order valence-corrected chi connectivity index (χ0v) is 44.7. The summed E-state index contributed by atoms with van der Waals surface area (Å²) in [6.07, 6.45) is 42.3. The molecule has 8 nitrogen and oxygen atoms in total.